The number of esters is 3. The zero-order valence-electron chi connectivity index (χ0n) is 15.3. The Labute approximate surface area is 158 Å². The molecule has 4 atom stereocenters. The summed E-state index contributed by atoms with van der Waals surface area (Å²) in [5.41, 5.74) is 0.583. The molecular weight excluding hydrogens is 376 g/mol. The van der Waals surface area contributed by atoms with Crippen molar-refractivity contribution in [3.05, 3.63) is 24.1 Å². The number of nitrogens with zero attached hydrogens (tertiary/aromatic N) is 4. The Morgan fingerprint density at radius 3 is 2.46 bits per heavy atom. The second-order valence-corrected chi connectivity index (χ2v) is 6.11. The van der Waals surface area contributed by atoms with E-state index in [1.807, 2.05) is 0 Å². The second-order valence-electron chi connectivity index (χ2n) is 6.11. The van der Waals surface area contributed by atoms with E-state index < -0.39 is 42.4 Å². The third-order valence-electron chi connectivity index (χ3n) is 3.95. The minimum Gasteiger partial charge on any atom is -0.711 e. The van der Waals surface area contributed by atoms with Gasteiger partial charge in [0.25, 0.3) is 12.0 Å². The van der Waals surface area contributed by atoms with Gasteiger partial charge >= 0.3 is 17.9 Å². The van der Waals surface area contributed by atoms with Gasteiger partial charge in [-0.1, -0.05) is 0 Å². The molecule has 2 aromatic rings. The van der Waals surface area contributed by atoms with Crippen molar-refractivity contribution in [2.24, 2.45) is 0 Å². The first-order chi connectivity index (χ1) is 13.3. The highest BCUT2D eigenvalue weighted by atomic mass is 16.7. The zero-order valence-corrected chi connectivity index (χ0v) is 15.3. The maximum Gasteiger partial charge on any atom is 0.303 e. The number of carbonyl (C=O) groups excluding carboxylic acids is 3. The van der Waals surface area contributed by atoms with Crippen LogP contribution in [0.4, 0.5) is 0 Å². The van der Waals surface area contributed by atoms with E-state index in [0.29, 0.717) is 10.4 Å². The lowest BCUT2D eigenvalue weighted by molar-refractivity contribution is -0.607. The number of fused-ring (bicyclic) bond motifs is 1. The van der Waals surface area contributed by atoms with Crippen LogP contribution in [0, 0.1) is 5.21 Å². The Morgan fingerprint density at radius 1 is 1.14 bits per heavy atom. The molecule has 0 aromatic carbocycles. The zero-order chi connectivity index (χ0) is 20.4. The summed E-state index contributed by atoms with van der Waals surface area (Å²) in [5, 5.41) is 11.4. The van der Waals surface area contributed by atoms with Gasteiger partial charge in [0.1, 0.15) is 25.2 Å². The van der Waals surface area contributed by atoms with Crippen LogP contribution in [-0.2, 0) is 33.3 Å². The Hall–Kier alpha value is -3.28. The molecule has 150 valence electrons. The molecule has 28 heavy (non-hydrogen) atoms. The first kappa shape index (κ1) is 19.5. The highest BCUT2D eigenvalue weighted by molar-refractivity contribution is 5.69. The SMILES string of the molecule is CC(=O)OC[C@H]1O[C@@H](n2cnc3c[n+]([O-])cnc32)[C@H](OC(C)=O)[C@@H]1OC(C)=O. The van der Waals surface area contributed by atoms with Crippen LogP contribution in [0.1, 0.15) is 27.0 Å². The van der Waals surface area contributed by atoms with Crippen molar-refractivity contribution in [2.45, 2.75) is 45.3 Å². The van der Waals surface area contributed by atoms with Crippen LogP contribution in [0.25, 0.3) is 11.2 Å². The average molecular weight is 394 g/mol. The first-order valence-electron chi connectivity index (χ1n) is 8.31. The van der Waals surface area contributed by atoms with Crippen LogP contribution in [0.15, 0.2) is 18.9 Å². The van der Waals surface area contributed by atoms with E-state index in [2.05, 4.69) is 9.97 Å². The van der Waals surface area contributed by atoms with Gasteiger partial charge in [0, 0.05) is 20.8 Å². The fourth-order valence-electron chi connectivity index (χ4n) is 2.96. The number of hydrogen-bond acceptors (Lipinski definition) is 10. The van der Waals surface area contributed by atoms with E-state index in [9.17, 15) is 19.6 Å². The predicted octanol–water partition coefficient (Wildman–Crippen LogP) is -0.611. The smallest absolute Gasteiger partial charge is 0.303 e. The summed E-state index contributed by atoms with van der Waals surface area (Å²) < 4.78 is 23.4. The summed E-state index contributed by atoms with van der Waals surface area (Å²) in [6.07, 6.45) is -0.346. The molecule has 0 N–H and O–H groups in total. The van der Waals surface area contributed by atoms with Crippen LogP contribution >= 0.6 is 0 Å². The molecule has 0 bridgehead atoms. The highest BCUT2D eigenvalue weighted by Gasteiger charge is 2.51. The minimum atomic E-state index is -1.05. The van der Waals surface area contributed by atoms with Crippen LogP contribution in [0.5, 0.6) is 0 Å². The molecular formula is C16H18N4O8. The number of ether oxygens (including phenoxy) is 4. The molecule has 0 saturated carbocycles. The molecule has 0 amide bonds. The molecule has 12 nitrogen and oxygen atoms in total. The molecule has 12 heteroatoms. The van der Waals surface area contributed by atoms with Crippen molar-refractivity contribution in [1.29, 1.82) is 0 Å². The van der Waals surface area contributed by atoms with Gasteiger partial charge < -0.3 is 24.2 Å². The Bertz CT molecular complexity index is 913. The van der Waals surface area contributed by atoms with Gasteiger partial charge in [-0.15, -0.1) is 0 Å². The molecule has 1 aliphatic rings. The molecule has 0 radical (unpaired) electrons. The van der Waals surface area contributed by atoms with Crippen molar-refractivity contribution in [3.63, 3.8) is 0 Å². The van der Waals surface area contributed by atoms with Crippen LogP contribution in [-0.4, -0.2) is 57.4 Å². The van der Waals surface area contributed by atoms with Crippen LogP contribution in [0.2, 0.25) is 0 Å². The summed E-state index contributed by atoms with van der Waals surface area (Å²) in [6.45, 7) is 3.40. The lowest BCUT2D eigenvalue weighted by Gasteiger charge is -2.23. The van der Waals surface area contributed by atoms with Gasteiger partial charge in [-0.3, -0.25) is 19.0 Å². The third-order valence-corrected chi connectivity index (χ3v) is 3.95. The van der Waals surface area contributed by atoms with E-state index >= 15 is 0 Å². The largest absolute Gasteiger partial charge is 0.711 e. The summed E-state index contributed by atoms with van der Waals surface area (Å²) in [5.74, 6) is -1.80. The molecule has 1 aliphatic heterocycles. The molecule has 0 spiro atoms. The predicted molar refractivity (Wildman–Crippen MR) is 88.1 cm³/mol. The number of imidazole rings is 1. The normalized spacial score (nSPS) is 24.1. The fraction of sp³-hybridized carbons (Fsp3) is 0.500. The maximum absolute atomic E-state index is 11.6. The van der Waals surface area contributed by atoms with Crippen molar-refractivity contribution >= 4 is 29.1 Å². The fourth-order valence-corrected chi connectivity index (χ4v) is 2.96. The van der Waals surface area contributed by atoms with E-state index in [0.717, 1.165) is 6.33 Å². The number of hydrogen-bond donors (Lipinski definition) is 0. The summed E-state index contributed by atoms with van der Waals surface area (Å²) in [4.78, 5) is 42.5. The first-order valence-corrected chi connectivity index (χ1v) is 8.31. The Kier molecular flexibility index (Phi) is 5.40. The lowest BCUT2D eigenvalue weighted by Crippen LogP contribution is -2.40. The summed E-state index contributed by atoms with van der Waals surface area (Å²) >= 11 is 0. The van der Waals surface area contributed by atoms with Crippen LogP contribution < -0.4 is 4.73 Å². The van der Waals surface area contributed by atoms with E-state index in [-0.39, 0.29) is 12.1 Å². The van der Waals surface area contributed by atoms with Gasteiger partial charge in [0.05, 0.1) is 0 Å². The molecule has 0 unspecified atom stereocenters. The topological polar surface area (TPSA) is 146 Å². The highest BCUT2D eigenvalue weighted by Crippen LogP contribution is 2.35. The number of rotatable bonds is 5. The molecule has 0 aliphatic carbocycles. The van der Waals surface area contributed by atoms with Gasteiger partial charge in [-0.2, -0.15) is 0 Å². The van der Waals surface area contributed by atoms with Crippen molar-refractivity contribution in [1.82, 2.24) is 14.5 Å². The molecule has 1 saturated heterocycles. The Morgan fingerprint density at radius 2 is 1.82 bits per heavy atom. The van der Waals surface area contributed by atoms with Gasteiger partial charge in [-0.25, -0.2) is 9.71 Å². The number of carbonyl (C=O) groups is 3. The summed E-state index contributed by atoms with van der Waals surface area (Å²) in [6, 6.07) is 0. The monoisotopic (exact) mass is 394 g/mol. The third kappa shape index (κ3) is 4.01. The van der Waals surface area contributed by atoms with E-state index in [1.165, 1.54) is 37.9 Å². The van der Waals surface area contributed by atoms with Crippen molar-refractivity contribution in [2.75, 3.05) is 6.61 Å². The van der Waals surface area contributed by atoms with E-state index in [1.54, 1.807) is 0 Å². The van der Waals surface area contributed by atoms with Crippen molar-refractivity contribution < 1.29 is 38.1 Å². The van der Waals surface area contributed by atoms with Gasteiger partial charge in [0.2, 0.25) is 0 Å². The second kappa shape index (κ2) is 7.76. The standard InChI is InChI=1S/C16H18N4O8/c1-8(21)25-5-12-13(26-9(2)22)14(27-10(3)23)16(28-12)20-7-17-11-4-19(24)6-18-15(11)20/h4,6-7,12-14,16H,5H2,1-3H3/t12-,13-,14-,16-/m1/s1. The number of aromatic nitrogens is 4. The van der Waals surface area contributed by atoms with E-state index in [4.69, 9.17) is 18.9 Å². The van der Waals surface area contributed by atoms with Gasteiger partial charge in [0.15, 0.2) is 24.0 Å². The molecule has 3 heterocycles. The quantitative estimate of drug-likeness (QED) is 0.278. The molecule has 1 fully saturated rings. The maximum atomic E-state index is 11.6. The molecule has 3 rings (SSSR count). The van der Waals surface area contributed by atoms with Crippen LogP contribution in [0.3, 0.4) is 0 Å². The van der Waals surface area contributed by atoms with Gasteiger partial charge in [-0.05, 0) is 4.98 Å². The minimum absolute atomic E-state index is 0.220. The molecule has 2 aromatic heterocycles. The Balaban J connectivity index is 1.99. The lowest BCUT2D eigenvalue weighted by atomic mass is 10.1. The average Bonchev–Trinajstić information content (AvgIpc) is 3.14. The van der Waals surface area contributed by atoms with Crippen molar-refractivity contribution in [3.8, 4) is 0 Å². The summed E-state index contributed by atoms with van der Waals surface area (Å²) in [7, 11) is 0.